The summed E-state index contributed by atoms with van der Waals surface area (Å²) in [5.41, 5.74) is 2.74. The molecule has 4 aliphatic heterocycles. The minimum Gasteiger partial charge on any atom is -0.504 e. The van der Waals surface area contributed by atoms with Gasteiger partial charge in [-0.2, -0.15) is 0 Å². The summed E-state index contributed by atoms with van der Waals surface area (Å²) >= 11 is -4.74. The lowest BCUT2D eigenvalue weighted by molar-refractivity contribution is -0.147. The van der Waals surface area contributed by atoms with Gasteiger partial charge in [0.15, 0.2) is 11.5 Å². The Morgan fingerprint density at radius 1 is 0.680 bits per heavy atom. The number of methoxy groups -OCH3 is 1. The van der Waals surface area contributed by atoms with Crippen LogP contribution in [-0.2, 0) is 39.9 Å². The van der Waals surface area contributed by atoms with Crippen molar-refractivity contribution in [1.29, 1.82) is 0 Å². The van der Waals surface area contributed by atoms with Crippen LogP contribution in [0.3, 0.4) is 0 Å². The Labute approximate surface area is 582 Å². The number of fused-ring (bicyclic) bond motifs is 2. The molecule has 0 aromatic heterocycles. The number of hydrogen-bond acceptors (Lipinski definition) is 24. The maximum atomic E-state index is 15.0. The first-order chi connectivity index (χ1) is 47.6. The number of phenols is 1. The van der Waals surface area contributed by atoms with Crippen LogP contribution in [0.2, 0.25) is 0 Å². The Balaban J connectivity index is 0.937. The van der Waals surface area contributed by atoms with E-state index < -0.39 is 201 Å². The number of benzene rings is 3. The molecule has 6 aliphatic rings. The molecule has 2 saturated carbocycles. The normalized spacial score (nSPS) is 30.1. The monoisotopic (exact) mass is 1420 g/mol. The molecule has 100 heavy (non-hydrogen) atoms. The van der Waals surface area contributed by atoms with Crippen LogP contribution >= 0.6 is 11.2 Å². The Bertz CT molecular complexity index is 3250. The lowest BCUT2D eigenvalue weighted by Crippen LogP contribution is -2.64. The predicted molar refractivity (Wildman–Crippen MR) is 364 cm³/mol. The van der Waals surface area contributed by atoms with Crippen LogP contribution in [0.5, 0.6) is 11.5 Å². The first kappa shape index (κ1) is 77.3. The van der Waals surface area contributed by atoms with E-state index >= 15 is 0 Å². The lowest BCUT2D eigenvalue weighted by Gasteiger charge is -2.44. The number of carbonyl (C=O) groups is 7. The van der Waals surface area contributed by atoms with E-state index in [9.17, 15) is 93.2 Å². The number of carbonyl (C=O) groups excluding carboxylic acids is 7. The van der Waals surface area contributed by atoms with E-state index in [-0.39, 0.29) is 24.2 Å². The minimum absolute atomic E-state index is 0.0562. The van der Waals surface area contributed by atoms with Crippen LogP contribution < -0.4 is 41.0 Å². The average molecular weight is 1430 g/mol. The summed E-state index contributed by atoms with van der Waals surface area (Å²) in [6, 6.07) is 5.87. The molecule has 4 saturated heterocycles. The van der Waals surface area contributed by atoms with Gasteiger partial charge >= 0.3 is 0 Å². The van der Waals surface area contributed by atoms with Crippen molar-refractivity contribution in [3.05, 3.63) is 77.9 Å². The zero-order chi connectivity index (χ0) is 72.3. The van der Waals surface area contributed by atoms with Crippen molar-refractivity contribution in [2.24, 2.45) is 17.8 Å². The largest absolute Gasteiger partial charge is 0.504 e. The second-order valence-corrected chi connectivity index (χ2v) is 28.7. The second kappa shape index (κ2) is 34.9. The fraction of sp³-hybridized carbons (Fsp3) is 0.632. The summed E-state index contributed by atoms with van der Waals surface area (Å²) in [5.74, 6) is -8.69. The minimum atomic E-state index is -4.74. The van der Waals surface area contributed by atoms with Crippen LogP contribution in [0.15, 0.2) is 66.7 Å². The van der Waals surface area contributed by atoms with Crippen LogP contribution in [-0.4, -0.2) is 279 Å². The number of hydrogen-bond donors (Lipinski definition) is 18. The predicted octanol–water partition coefficient (Wildman–Crippen LogP) is -1.26. The van der Waals surface area contributed by atoms with E-state index in [1.54, 1.807) is 12.1 Å². The third-order valence-electron chi connectivity index (χ3n) is 20.7. The smallest absolute Gasteiger partial charge is 0.266 e. The van der Waals surface area contributed by atoms with Gasteiger partial charge in [0, 0.05) is 95.4 Å². The second-order valence-electron chi connectivity index (χ2n) is 27.6. The molecular weight excluding hydrogens is 1320 g/mol. The number of aromatic hydroxyl groups is 1. The van der Waals surface area contributed by atoms with E-state index in [2.05, 4.69) is 58.0 Å². The fourth-order valence-electron chi connectivity index (χ4n) is 14.9. The summed E-state index contributed by atoms with van der Waals surface area (Å²) in [5, 5.41) is 114. The molecule has 9 rings (SSSR count). The van der Waals surface area contributed by atoms with Gasteiger partial charge in [-0.15, -0.1) is 0 Å². The summed E-state index contributed by atoms with van der Waals surface area (Å²) < 4.78 is 39.0. The van der Waals surface area contributed by atoms with E-state index in [4.69, 9.17) is 4.74 Å². The van der Waals surface area contributed by atoms with Gasteiger partial charge in [0.2, 0.25) is 35.4 Å². The Morgan fingerprint density at radius 2 is 1.28 bits per heavy atom. The number of nitrogens with zero attached hydrogens (tertiary/aromatic N) is 4. The molecule has 7 amide bonds. The lowest BCUT2D eigenvalue weighted by atomic mass is 9.71. The first-order valence-electron chi connectivity index (χ1n) is 34.5. The summed E-state index contributed by atoms with van der Waals surface area (Å²) in [6.45, 7) is 3.41. The van der Waals surface area contributed by atoms with Crippen molar-refractivity contribution >= 4 is 58.2 Å². The highest BCUT2D eigenvalue weighted by Crippen LogP contribution is 2.42. The maximum absolute atomic E-state index is 15.0. The van der Waals surface area contributed by atoms with Gasteiger partial charge in [-0.1, -0.05) is 37.3 Å². The molecule has 0 spiro atoms. The van der Waals surface area contributed by atoms with Gasteiger partial charge in [0.25, 0.3) is 17.1 Å². The summed E-state index contributed by atoms with van der Waals surface area (Å²) in [7, 11) is 1.82. The van der Waals surface area contributed by atoms with Gasteiger partial charge in [-0.3, -0.25) is 52.1 Å². The fourth-order valence-corrected chi connectivity index (χ4v) is 15.3. The third-order valence-corrected chi connectivity index (χ3v) is 21.1. The molecule has 18 N–H and O–H groups in total. The number of ether oxygens (including phenoxy) is 1. The average Bonchev–Trinajstić information content (AvgIpc) is 1.61. The number of anilines is 1. The topological polar surface area (TPSA) is 466 Å². The maximum Gasteiger partial charge on any atom is 0.266 e. The van der Waals surface area contributed by atoms with Crippen molar-refractivity contribution in [2.75, 3.05) is 77.6 Å². The number of aliphatic hydroxyl groups is 8. The van der Waals surface area contributed by atoms with E-state index in [1.165, 1.54) is 76.5 Å². The number of aliphatic hydroxyl groups excluding tert-OH is 8. The molecule has 13 atom stereocenters. The van der Waals surface area contributed by atoms with Gasteiger partial charge in [0.05, 0.1) is 62.0 Å². The Morgan fingerprint density at radius 3 is 1.89 bits per heavy atom. The number of amides is 7. The molecule has 3 aromatic rings. The van der Waals surface area contributed by atoms with E-state index in [0.29, 0.717) is 12.1 Å². The zero-order valence-electron chi connectivity index (χ0n) is 56.5. The molecule has 0 radical (unpaired) electrons. The number of nitrogens with one attached hydrogen (secondary N) is 6. The third kappa shape index (κ3) is 19.6. The van der Waals surface area contributed by atoms with Crippen LogP contribution in [0, 0.1) is 17.8 Å². The number of phenolic OH excluding ortho intramolecular Hbond substituents is 1. The van der Waals surface area contributed by atoms with E-state index in [1.807, 2.05) is 19.2 Å². The molecule has 32 heteroatoms. The van der Waals surface area contributed by atoms with Crippen molar-refractivity contribution < 1.29 is 102 Å². The molecule has 6 fully saturated rings. The number of rotatable bonds is 20. The van der Waals surface area contributed by atoms with Crippen LogP contribution in [0.25, 0.3) is 11.1 Å². The molecule has 554 valence electrons. The molecule has 4 heterocycles. The van der Waals surface area contributed by atoms with Gasteiger partial charge in [0.1, 0.15) is 36.3 Å². The number of β-amino-alcohol motifs (C(OH)–C–C–N with tert-alkyl or cyclic N) is 1. The number of piperazine rings is 1. The van der Waals surface area contributed by atoms with Gasteiger partial charge in [-0.05, 0) is 136 Å². The van der Waals surface area contributed by atoms with E-state index in [0.717, 1.165) is 83.7 Å². The molecule has 0 bridgehead atoms. The molecule has 2 aliphatic carbocycles. The van der Waals surface area contributed by atoms with Crippen molar-refractivity contribution in [3.8, 4) is 22.6 Å². The molecule has 31 nitrogen and oxygen atoms in total. The highest BCUT2D eigenvalue weighted by Gasteiger charge is 2.50. The van der Waals surface area contributed by atoms with Crippen molar-refractivity contribution in [1.82, 2.24) is 46.6 Å². The van der Waals surface area contributed by atoms with Gasteiger partial charge < -0.3 is 101 Å². The molecular formula is C68H100N10O21S. The Kier molecular flexibility index (Phi) is 27.0. The molecule has 3 aromatic carbocycles. The van der Waals surface area contributed by atoms with Crippen LogP contribution in [0.1, 0.15) is 100 Å². The van der Waals surface area contributed by atoms with Gasteiger partial charge in [-0.25, -0.2) is 0 Å². The first-order valence-corrected chi connectivity index (χ1v) is 35.9. The summed E-state index contributed by atoms with van der Waals surface area (Å²) in [6.07, 6.45) is -2.54. The highest BCUT2D eigenvalue weighted by atomic mass is 32.3. The summed E-state index contributed by atoms with van der Waals surface area (Å²) in [4.78, 5) is 109. The Hall–Kier alpha value is -6.86. The SMILES string of the molecule is COC1CCC(C2CCC(N3CCN(c4ccc(-c5ccc(C(=O)N[C@H]6C[C@@H](O)CNC(=O)[C@@H]7[C@@H](O)[C@@H](C)CN7C(=O)[C@H]([C@H](O)CCNC(CO)CO)NC(=O)[C@H]([C@H](O)Cc7ccc(O)c(OS(O)(O)O)c7)NC(=O)[C@@H]7C[C@@H](O)CN7C(=O)[C@H]([C@@H](C)O)NC6=O)cc5)cc4)CC3)CC2)CC1. The van der Waals surface area contributed by atoms with Crippen LogP contribution in [0.4, 0.5) is 5.69 Å². The quantitative estimate of drug-likeness (QED) is 0.0628. The molecule has 0 unspecified atom stereocenters. The standard InChI is InChI=1S/C68H100N10O21S/c1-37-33-78-60(61(37)87)66(92)70-32-48(82)30-51(71-62(88)44-7-5-40(6-8-44)41-9-15-46(16-10-41)75-24-26-76(27-25-75)47-17-11-42(12-18-47)43-13-19-50(98-3)20-14-43)63(89)72-57(38(2)81)67(93)77-34-49(83)31-52(77)64(90)73-58(55(86)28-39-4-21-53(84)56(29-39)99-100(95,96)97)65(91)74-59(68(78)94)54(85)22-23-69-45(35-79)36-80/h4-10,15-16,21,29,37-38,42-43,45,47-52,54-55,57-61,69,79-87,95-97H,11-14,17-20,22-28,30-36H2,1-3H3,(H,70,92)(H,71,88)(H,72,89)(H,73,90)(H,74,91)/t37-,38+,42?,43?,47?,48+,49+,50?,51-,52-,54+,55+,57-,58-,59-,60-,61-/m0/s1. The highest BCUT2D eigenvalue weighted by molar-refractivity contribution is 8.15. The zero-order valence-corrected chi connectivity index (χ0v) is 57.4. The van der Waals surface area contributed by atoms with Crippen molar-refractivity contribution in [3.63, 3.8) is 0 Å². The van der Waals surface area contributed by atoms with Crippen molar-refractivity contribution in [2.45, 2.75) is 182 Å².